The number of aliphatic carboxylic acids is 1. The Labute approximate surface area is 211 Å². The van der Waals surface area contributed by atoms with Crippen molar-refractivity contribution in [2.45, 2.75) is 76.0 Å². The summed E-state index contributed by atoms with van der Waals surface area (Å²) in [6.07, 6.45) is 1.70. The molecule has 2 saturated heterocycles. The zero-order chi connectivity index (χ0) is 25.7. The van der Waals surface area contributed by atoms with Crippen molar-refractivity contribution in [3.8, 4) is 6.01 Å². The molecule has 1 aliphatic carbocycles. The maximum atomic E-state index is 12.9. The summed E-state index contributed by atoms with van der Waals surface area (Å²) < 4.78 is 25.4. The number of carboxylic acid groups (broad SMARTS) is 1. The number of imidazole rings is 1. The van der Waals surface area contributed by atoms with Crippen molar-refractivity contribution in [3.05, 3.63) is 42.2 Å². The average Bonchev–Trinajstić information content (AvgIpc) is 3.63. The SMILES string of the molecule is CC1(C)O[C@@H]2[C@H](O1)[C@@H](C(=O)O)O[C@H]2n1cnc2c(NC(=O)c3ccccc3)nc(OC3CCCC3)nc21. The molecule has 4 atom stereocenters. The second kappa shape index (κ2) is 9.05. The first-order valence-corrected chi connectivity index (χ1v) is 12.3. The molecule has 194 valence electrons. The van der Waals surface area contributed by atoms with Crippen LogP contribution in [0.25, 0.3) is 11.2 Å². The van der Waals surface area contributed by atoms with E-state index in [0.29, 0.717) is 16.7 Å². The van der Waals surface area contributed by atoms with Crippen LogP contribution in [-0.2, 0) is 19.0 Å². The molecule has 0 radical (unpaired) electrons. The van der Waals surface area contributed by atoms with Gasteiger partial charge < -0.3 is 29.4 Å². The molecular formula is C25H27N5O7. The molecule has 0 unspecified atom stereocenters. The van der Waals surface area contributed by atoms with Gasteiger partial charge in [0.05, 0.1) is 6.33 Å². The fourth-order valence-corrected chi connectivity index (χ4v) is 5.15. The number of nitrogens with one attached hydrogen (secondary N) is 1. The smallest absolute Gasteiger partial charge is 0.335 e. The summed E-state index contributed by atoms with van der Waals surface area (Å²) in [6, 6.07) is 8.85. The third-order valence-corrected chi connectivity index (χ3v) is 6.79. The van der Waals surface area contributed by atoms with Crippen LogP contribution in [0.15, 0.2) is 36.7 Å². The molecule has 3 aromatic rings. The minimum atomic E-state index is -1.23. The van der Waals surface area contributed by atoms with Gasteiger partial charge in [0.2, 0.25) is 0 Å². The monoisotopic (exact) mass is 509 g/mol. The third-order valence-electron chi connectivity index (χ3n) is 6.79. The van der Waals surface area contributed by atoms with Gasteiger partial charge in [-0.15, -0.1) is 0 Å². The highest BCUT2D eigenvalue weighted by molar-refractivity contribution is 6.06. The van der Waals surface area contributed by atoms with E-state index >= 15 is 0 Å². The lowest BCUT2D eigenvalue weighted by atomic mass is 10.1. The number of rotatable bonds is 6. The second-order valence-corrected chi connectivity index (χ2v) is 9.87. The number of carboxylic acids is 1. The Balaban J connectivity index is 1.40. The molecule has 2 N–H and O–H groups in total. The predicted molar refractivity (Wildman–Crippen MR) is 128 cm³/mol. The maximum Gasteiger partial charge on any atom is 0.335 e. The Hall–Kier alpha value is -3.61. The van der Waals surface area contributed by atoms with Crippen LogP contribution in [0.1, 0.15) is 56.1 Å². The zero-order valence-corrected chi connectivity index (χ0v) is 20.4. The van der Waals surface area contributed by atoms with Gasteiger partial charge in [-0.3, -0.25) is 9.36 Å². The number of benzene rings is 1. The van der Waals surface area contributed by atoms with Crippen LogP contribution in [0.5, 0.6) is 6.01 Å². The summed E-state index contributed by atoms with van der Waals surface area (Å²) in [5.74, 6) is -2.32. The lowest BCUT2D eigenvalue weighted by Crippen LogP contribution is -2.35. The van der Waals surface area contributed by atoms with E-state index in [1.807, 2.05) is 6.07 Å². The number of carbonyl (C=O) groups excluding carboxylic acids is 1. The number of ether oxygens (including phenoxy) is 4. The molecule has 0 spiro atoms. The quantitative estimate of drug-likeness (QED) is 0.508. The fourth-order valence-electron chi connectivity index (χ4n) is 5.15. The number of hydrogen-bond donors (Lipinski definition) is 2. The van der Waals surface area contributed by atoms with E-state index in [9.17, 15) is 14.7 Å². The molecule has 2 aromatic heterocycles. The average molecular weight is 510 g/mol. The molecule has 1 saturated carbocycles. The molecule has 1 amide bonds. The highest BCUT2D eigenvalue weighted by Crippen LogP contribution is 2.44. The van der Waals surface area contributed by atoms with Crippen molar-refractivity contribution in [3.63, 3.8) is 0 Å². The molecule has 3 fully saturated rings. The molecular weight excluding hydrogens is 482 g/mol. The number of fused-ring (bicyclic) bond motifs is 2. The van der Waals surface area contributed by atoms with Crippen LogP contribution >= 0.6 is 0 Å². The molecule has 0 bridgehead atoms. The molecule has 12 heteroatoms. The minimum absolute atomic E-state index is 0.0256. The van der Waals surface area contributed by atoms with Crippen molar-refractivity contribution in [1.29, 1.82) is 0 Å². The Bertz CT molecular complexity index is 1340. The normalized spacial score (nSPS) is 26.9. The van der Waals surface area contributed by atoms with Gasteiger partial charge in [-0.05, 0) is 51.7 Å². The lowest BCUT2D eigenvalue weighted by molar-refractivity contribution is -0.202. The Morgan fingerprint density at radius 2 is 1.84 bits per heavy atom. The fraction of sp³-hybridized carbons (Fsp3) is 0.480. The minimum Gasteiger partial charge on any atom is -0.479 e. The first kappa shape index (κ1) is 23.8. The first-order valence-electron chi connectivity index (χ1n) is 12.3. The van der Waals surface area contributed by atoms with Crippen molar-refractivity contribution < 1.29 is 33.6 Å². The summed E-state index contributed by atoms with van der Waals surface area (Å²) in [7, 11) is 0. The summed E-state index contributed by atoms with van der Waals surface area (Å²) in [5.41, 5.74) is 1.08. The topological polar surface area (TPSA) is 147 Å². The van der Waals surface area contributed by atoms with Crippen molar-refractivity contribution >= 4 is 28.9 Å². The van der Waals surface area contributed by atoms with E-state index in [4.69, 9.17) is 18.9 Å². The molecule has 3 aliphatic rings. The van der Waals surface area contributed by atoms with E-state index < -0.39 is 36.3 Å². The highest BCUT2D eigenvalue weighted by Gasteiger charge is 2.58. The second-order valence-electron chi connectivity index (χ2n) is 9.87. The number of nitrogens with zero attached hydrogens (tertiary/aromatic N) is 4. The van der Waals surface area contributed by atoms with Crippen LogP contribution in [0.4, 0.5) is 5.82 Å². The van der Waals surface area contributed by atoms with Crippen LogP contribution in [0, 0.1) is 0 Å². The predicted octanol–water partition coefficient (Wildman–Crippen LogP) is 2.90. The Morgan fingerprint density at radius 1 is 1.11 bits per heavy atom. The largest absolute Gasteiger partial charge is 0.479 e. The lowest BCUT2D eigenvalue weighted by Gasteiger charge is -2.23. The van der Waals surface area contributed by atoms with E-state index in [1.165, 1.54) is 6.33 Å². The molecule has 2 aliphatic heterocycles. The van der Waals surface area contributed by atoms with Gasteiger partial charge in [-0.25, -0.2) is 9.78 Å². The molecule has 37 heavy (non-hydrogen) atoms. The van der Waals surface area contributed by atoms with Crippen LogP contribution < -0.4 is 10.1 Å². The van der Waals surface area contributed by atoms with Gasteiger partial charge in [0.1, 0.15) is 18.3 Å². The van der Waals surface area contributed by atoms with Gasteiger partial charge >= 0.3 is 12.0 Å². The van der Waals surface area contributed by atoms with Crippen LogP contribution in [0.3, 0.4) is 0 Å². The number of anilines is 1. The summed E-state index contributed by atoms with van der Waals surface area (Å²) in [4.78, 5) is 38.4. The van der Waals surface area contributed by atoms with Gasteiger partial charge in [-0.1, -0.05) is 18.2 Å². The van der Waals surface area contributed by atoms with Crippen molar-refractivity contribution in [2.24, 2.45) is 0 Å². The number of hydrogen-bond acceptors (Lipinski definition) is 9. The van der Waals surface area contributed by atoms with E-state index in [1.54, 1.807) is 42.7 Å². The standard InChI is InChI=1S/C25H27N5O7/c1-25(2)36-16-17(37-25)22(35-18(16)23(32)33)30-12-26-15-19(27-21(31)13-8-4-3-5-9-13)28-24(29-20(15)30)34-14-10-6-7-11-14/h3-5,8-9,12,14,16-18,22H,6-7,10-11H2,1-2H3,(H,32,33)(H,27,28,29,31)/t16-,17+,18-,22+/m0/s1. The number of aromatic nitrogens is 4. The van der Waals surface area contributed by atoms with Crippen molar-refractivity contribution in [2.75, 3.05) is 5.32 Å². The van der Waals surface area contributed by atoms with Gasteiger partial charge in [-0.2, -0.15) is 9.97 Å². The van der Waals surface area contributed by atoms with Crippen LogP contribution in [0.2, 0.25) is 0 Å². The van der Waals surface area contributed by atoms with Gasteiger partial charge in [0.15, 0.2) is 35.1 Å². The summed E-state index contributed by atoms with van der Waals surface area (Å²) in [6.45, 7) is 3.44. The van der Waals surface area contributed by atoms with Crippen LogP contribution in [-0.4, -0.2) is 66.7 Å². The summed E-state index contributed by atoms with van der Waals surface area (Å²) >= 11 is 0. The maximum absolute atomic E-state index is 12.9. The molecule has 4 heterocycles. The van der Waals surface area contributed by atoms with E-state index in [0.717, 1.165) is 25.7 Å². The molecule has 6 rings (SSSR count). The third kappa shape index (κ3) is 4.41. The van der Waals surface area contributed by atoms with Gasteiger partial charge in [0, 0.05) is 5.56 Å². The molecule has 12 nitrogen and oxygen atoms in total. The Morgan fingerprint density at radius 3 is 2.57 bits per heavy atom. The number of amides is 1. The van der Waals surface area contributed by atoms with E-state index in [-0.39, 0.29) is 23.8 Å². The van der Waals surface area contributed by atoms with Crippen molar-refractivity contribution in [1.82, 2.24) is 19.5 Å². The number of carbonyl (C=O) groups is 2. The highest BCUT2D eigenvalue weighted by atomic mass is 16.8. The molecule has 1 aromatic carbocycles. The first-order chi connectivity index (χ1) is 17.8. The van der Waals surface area contributed by atoms with E-state index in [2.05, 4.69) is 20.3 Å². The van der Waals surface area contributed by atoms with Gasteiger partial charge in [0.25, 0.3) is 5.91 Å². The Kier molecular flexibility index (Phi) is 5.81. The zero-order valence-electron chi connectivity index (χ0n) is 20.4. The summed E-state index contributed by atoms with van der Waals surface area (Å²) in [5, 5.41) is 12.6.